The Labute approximate surface area is 222 Å². The Bertz CT molecular complexity index is 960. The van der Waals surface area contributed by atoms with Crippen molar-refractivity contribution in [2.24, 2.45) is 0 Å². The summed E-state index contributed by atoms with van der Waals surface area (Å²) in [7, 11) is -1.00. The van der Waals surface area contributed by atoms with Crippen LogP contribution < -0.4 is 21.2 Å². The molecule has 0 heterocycles. The summed E-state index contributed by atoms with van der Waals surface area (Å²) in [6.07, 6.45) is 2.41. The molecule has 1 N–H and O–H groups in total. The van der Waals surface area contributed by atoms with E-state index in [4.69, 9.17) is 9.90 Å². The molecule has 0 saturated carbocycles. The summed E-state index contributed by atoms with van der Waals surface area (Å²) >= 11 is 3.44. The zero-order valence-corrected chi connectivity index (χ0v) is 23.2. The van der Waals surface area contributed by atoms with Gasteiger partial charge < -0.3 is 5.11 Å². The molecule has 2 nitrogen and oxygen atoms in total. The quantitative estimate of drug-likeness (QED) is 0.180. The van der Waals surface area contributed by atoms with Crippen molar-refractivity contribution in [3.8, 4) is 0 Å². The second-order valence-corrected chi connectivity index (χ2v) is 13.9. The second-order valence-electron chi connectivity index (χ2n) is 7.88. The van der Waals surface area contributed by atoms with E-state index in [-0.39, 0.29) is 0 Å². The Morgan fingerprint density at radius 3 is 1.14 bits per heavy atom. The van der Waals surface area contributed by atoms with Crippen molar-refractivity contribution in [1.29, 1.82) is 0 Å². The molecule has 5 heteroatoms. The second kappa shape index (κ2) is 15.1. The van der Waals surface area contributed by atoms with E-state index in [9.17, 15) is 0 Å². The molecule has 4 aromatic rings. The fourth-order valence-electron chi connectivity index (χ4n) is 3.96. The third-order valence-electron chi connectivity index (χ3n) is 5.31. The topological polar surface area (TPSA) is 37.3 Å². The Morgan fingerprint density at radius 2 is 0.914 bits per heavy atom. The first-order chi connectivity index (χ1) is 17.1. The summed E-state index contributed by atoms with van der Waals surface area (Å²) in [5.41, 5.74) is 0. The van der Waals surface area contributed by atoms with Gasteiger partial charge in [0.2, 0.25) is 0 Å². The molecule has 0 atom stereocenters. The summed E-state index contributed by atoms with van der Waals surface area (Å²) in [4.78, 5) is 10.1. The van der Waals surface area contributed by atoms with Gasteiger partial charge in [0.15, 0.2) is 0 Å². The predicted octanol–water partition coefficient (Wildman–Crippen LogP) is 6.41. The molecule has 0 aliphatic rings. The Hall–Kier alpha value is -2.13. The minimum absolute atomic E-state index is 0.500. The van der Waals surface area contributed by atoms with E-state index in [1.807, 2.05) is 0 Å². The monoisotopic (exact) mass is 591 g/mol. The van der Waals surface area contributed by atoms with Gasteiger partial charge in [0, 0.05) is 6.92 Å². The van der Waals surface area contributed by atoms with Crippen LogP contribution in [0.15, 0.2) is 121 Å². The number of carboxylic acids is 1. The van der Waals surface area contributed by atoms with Gasteiger partial charge >= 0.3 is 201 Å². The van der Waals surface area contributed by atoms with Crippen LogP contribution >= 0.6 is 15.8 Å². The van der Waals surface area contributed by atoms with Gasteiger partial charge in [-0.3, -0.25) is 4.79 Å². The number of hydrogen-bond acceptors (Lipinski definition) is 1. The molecule has 0 radical (unpaired) electrons. The average molecular weight is 592 g/mol. The van der Waals surface area contributed by atoms with Gasteiger partial charge in [-0.05, 0) is 0 Å². The summed E-state index contributed by atoms with van der Waals surface area (Å²) in [6, 6.07) is 44.8. The van der Waals surface area contributed by atoms with Crippen LogP contribution in [0.5, 0.6) is 0 Å². The zero-order chi connectivity index (χ0) is 24.9. The Balaban J connectivity index is 0.000000795. The molecule has 0 amide bonds. The van der Waals surface area contributed by atoms with E-state index in [0.717, 1.165) is 11.8 Å². The SMILES string of the molecule is CC(=O)O.[Pd][CH2]CCC(P(c1ccccc1)c1ccccc1)P(c1ccccc1)c1ccccc1. The molecule has 0 unspecified atom stereocenters. The standard InChI is InChI=1S/C28H27P2.C2H4O2.Pd/c1-2-15-28(29(24-16-7-3-8-17-24)25-18-9-4-10-19-25)30(26-20-11-5-12-21-26)27-22-13-6-14-23-27;1-2(3)4;/h3-14,16-23,28H,1-2,15H2;1H3,(H,3,4);. The Kier molecular flexibility index (Phi) is 11.8. The summed E-state index contributed by atoms with van der Waals surface area (Å²) in [5.74, 6) is -0.833. The number of carboxylic acid groups (broad SMARTS) is 1. The first kappa shape index (κ1) is 27.5. The van der Waals surface area contributed by atoms with Gasteiger partial charge in [0.25, 0.3) is 5.97 Å². The number of aliphatic carboxylic acids is 1. The fraction of sp³-hybridized carbons (Fsp3) is 0.167. The molecule has 35 heavy (non-hydrogen) atoms. The molecule has 0 bridgehead atoms. The minimum atomic E-state index is -0.833. The van der Waals surface area contributed by atoms with Gasteiger partial charge in [0.1, 0.15) is 0 Å². The Morgan fingerprint density at radius 1 is 0.657 bits per heavy atom. The first-order valence-electron chi connectivity index (χ1n) is 11.6. The number of hydrogen-bond donors (Lipinski definition) is 1. The van der Waals surface area contributed by atoms with Crippen molar-refractivity contribution < 1.29 is 29.1 Å². The molecule has 4 rings (SSSR count). The van der Waals surface area contributed by atoms with Crippen molar-refractivity contribution in [3.63, 3.8) is 0 Å². The molecule has 183 valence electrons. The van der Waals surface area contributed by atoms with E-state index >= 15 is 0 Å². The van der Waals surface area contributed by atoms with E-state index in [1.165, 1.54) is 34.1 Å². The van der Waals surface area contributed by atoms with Gasteiger partial charge in [-0.2, -0.15) is 0 Å². The molecule has 0 aromatic heterocycles. The van der Waals surface area contributed by atoms with E-state index in [1.54, 1.807) is 0 Å². The normalized spacial score (nSPS) is 10.8. The predicted molar refractivity (Wildman–Crippen MR) is 149 cm³/mol. The fourth-order valence-corrected chi connectivity index (χ4v) is 11.6. The van der Waals surface area contributed by atoms with Crippen LogP contribution in [0.3, 0.4) is 0 Å². The van der Waals surface area contributed by atoms with E-state index < -0.39 is 21.8 Å². The van der Waals surface area contributed by atoms with E-state index in [2.05, 4.69) is 141 Å². The number of benzene rings is 4. The molecule has 0 aliphatic carbocycles. The van der Waals surface area contributed by atoms with Crippen molar-refractivity contribution in [2.75, 3.05) is 0 Å². The van der Waals surface area contributed by atoms with Gasteiger partial charge in [-0.25, -0.2) is 0 Å². The number of rotatable bonds is 9. The molecular formula is C30H31O2P2Pd. The van der Waals surface area contributed by atoms with Crippen LogP contribution in [0.1, 0.15) is 19.8 Å². The summed E-state index contributed by atoms with van der Waals surface area (Å²) in [6.45, 7) is 1.08. The third kappa shape index (κ3) is 8.49. The summed E-state index contributed by atoms with van der Waals surface area (Å²) in [5, 5.41) is 13.9. The van der Waals surface area contributed by atoms with Crippen molar-refractivity contribution in [2.45, 2.75) is 30.1 Å². The molecule has 0 spiro atoms. The zero-order valence-electron chi connectivity index (χ0n) is 19.8. The molecule has 0 saturated heterocycles. The maximum atomic E-state index is 9.00. The van der Waals surface area contributed by atoms with Gasteiger partial charge in [-0.1, -0.05) is 0 Å². The number of carbonyl (C=O) groups is 1. The van der Waals surface area contributed by atoms with Crippen LogP contribution in [-0.4, -0.2) is 16.5 Å². The van der Waals surface area contributed by atoms with Crippen molar-refractivity contribution >= 4 is 43.0 Å². The van der Waals surface area contributed by atoms with Crippen LogP contribution in [-0.2, 0) is 24.0 Å². The average Bonchev–Trinajstić information content (AvgIpc) is 2.89. The molecule has 0 aliphatic heterocycles. The summed E-state index contributed by atoms with van der Waals surface area (Å²) < 4.78 is 0. The third-order valence-corrected chi connectivity index (χ3v) is 12.4. The van der Waals surface area contributed by atoms with Crippen LogP contribution in [0, 0.1) is 0 Å². The van der Waals surface area contributed by atoms with Gasteiger partial charge in [0.05, 0.1) is 0 Å². The molecular weight excluding hydrogens is 561 g/mol. The van der Waals surface area contributed by atoms with E-state index in [0.29, 0.717) is 5.40 Å². The van der Waals surface area contributed by atoms with Gasteiger partial charge in [-0.15, -0.1) is 0 Å². The van der Waals surface area contributed by atoms with Crippen LogP contribution in [0.2, 0.25) is 4.89 Å². The van der Waals surface area contributed by atoms with Crippen LogP contribution in [0.25, 0.3) is 0 Å². The maximum absolute atomic E-state index is 9.00. The molecule has 0 fully saturated rings. The van der Waals surface area contributed by atoms with Crippen molar-refractivity contribution in [3.05, 3.63) is 121 Å². The van der Waals surface area contributed by atoms with Crippen LogP contribution in [0.4, 0.5) is 0 Å². The first-order valence-corrected chi connectivity index (χ1v) is 15.5. The van der Waals surface area contributed by atoms with Crippen molar-refractivity contribution in [1.82, 2.24) is 0 Å². The molecule has 4 aromatic carbocycles.